The lowest BCUT2D eigenvalue weighted by Gasteiger charge is -2.05. The van der Waals surface area contributed by atoms with E-state index in [0.29, 0.717) is 0 Å². The zero-order chi connectivity index (χ0) is 12.8. The molecule has 1 aromatic carbocycles. The van der Waals surface area contributed by atoms with Crippen molar-refractivity contribution in [2.24, 2.45) is 0 Å². The Morgan fingerprint density at radius 3 is 2.78 bits per heavy atom. The molecule has 0 bridgehead atoms. The van der Waals surface area contributed by atoms with E-state index >= 15 is 0 Å². The molecular formula is C15H17NO2. The third-order valence-electron chi connectivity index (χ3n) is 3.06. The molecule has 3 heteroatoms. The standard InChI is InChI=1S/C15H17NO2/c17-15(18)9-3-1-2-8-14-13-7-5-4-6-12(13)10-11-16-14/h4-7,10-11H,1-3,8-9H2,(H,17,18). The Morgan fingerprint density at radius 1 is 1.11 bits per heavy atom. The van der Waals surface area contributed by atoms with Crippen molar-refractivity contribution in [1.82, 2.24) is 4.98 Å². The minimum atomic E-state index is -0.710. The van der Waals surface area contributed by atoms with Gasteiger partial charge in [-0.1, -0.05) is 30.7 Å². The second kappa shape index (κ2) is 6.15. The van der Waals surface area contributed by atoms with Crippen LogP contribution in [0.15, 0.2) is 36.5 Å². The summed E-state index contributed by atoms with van der Waals surface area (Å²) < 4.78 is 0. The van der Waals surface area contributed by atoms with E-state index in [1.807, 2.05) is 24.4 Å². The molecule has 0 saturated heterocycles. The lowest BCUT2D eigenvalue weighted by Crippen LogP contribution is -1.95. The van der Waals surface area contributed by atoms with E-state index in [-0.39, 0.29) is 6.42 Å². The number of nitrogens with zero attached hydrogens (tertiary/aromatic N) is 1. The van der Waals surface area contributed by atoms with Crippen LogP contribution in [0.25, 0.3) is 10.8 Å². The Balaban J connectivity index is 1.93. The summed E-state index contributed by atoms with van der Waals surface area (Å²) in [5.74, 6) is -0.710. The maximum absolute atomic E-state index is 10.4. The van der Waals surface area contributed by atoms with Gasteiger partial charge in [0.15, 0.2) is 0 Å². The molecule has 2 rings (SSSR count). The van der Waals surface area contributed by atoms with Gasteiger partial charge in [0.25, 0.3) is 0 Å². The SMILES string of the molecule is O=C(O)CCCCCc1nccc2ccccc12. The Hall–Kier alpha value is -1.90. The number of hydrogen-bond donors (Lipinski definition) is 1. The topological polar surface area (TPSA) is 50.2 Å². The van der Waals surface area contributed by atoms with Crippen molar-refractivity contribution < 1.29 is 9.90 Å². The second-order valence-electron chi connectivity index (χ2n) is 4.43. The number of aromatic nitrogens is 1. The largest absolute Gasteiger partial charge is 0.481 e. The fourth-order valence-electron chi connectivity index (χ4n) is 2.13. The molecule has 0 amide bonds. The Bertz CT molecular complexity index is 532. The molecule has 3 nitrogen and oxygen atoms in total. The highest BCUT2D eigenvalue weighted by Gasteiger charge is 2.02. The maximum Gasteiger partial charge on any atom is 0.303 e. The molecular weight excluding hydrogens is 226 g/mol. The summed E-state index contributed by atoms with van der Waals surface area (Å²) in [5, 5.41) is 11.0. The average Bonchev–Trinajstić information content (AvgIpc) is 2.38. The number of fused-ring (bicyclic) bond motifs is 1. The summed E-state index contributed by atoms with van der Waals surface area (Å²) in [4.78, 5) is 14.8. The minimum Gasteiger partial charge on any atom is -0.481 e. The summed E-state index contributed by atoms with van der Waals surface area (Å²) in [6.07, 6.45) is 5.71. The van der Waals surface area contributed by atoms with Crippen molar-refractivity contribution in [2.45, 2.75) is 32.1 Å². The number of aryl methyl sites for hydroxylation is 1. The van der Waals surface area contributed by atoms with E-state index in [1.165, 1.54) is 10.8 Å². The molecule has 0 aliphatic heterocycles. The molecule has 0 aliphatic carbocycles. The van der Waals surface area contributed by atoms with Gasteiger partial charge in [-0.05, 0) is 30.7 Å². The highest BCUT2D eigenvalue weighted by Crippen LogP contribution is 2.18. The molecule has 0 unspecified atom stereocenters. The van der Waals surface area contributed by atoms with Gasteiger partial charge in [0, 0.05) is 23.7 Å². The number of hydrogen-bond acceptors (Lipinski definition) is 2. The molecule has 0 spiro atoms. The fraction of sp³-hybridized carbons (Fsp3) is 0.333. The van der Waals surface area contributed by atoms with Crippen molar-refractivity contribution in [3.63, 3.8) is 0 Å². The molecule has 94 valence electrons. The zero-order valence-corrected chi connectivity index (χ0v) is 10.3. The summed E-state index contributed by atoms with van der Waals surface area (Å²) >= 11 is 0. The molecule has 0 radical (unpaired) electrons. The summed E-state index contributed by atoms with van der Waals surface area (Å²) in [7, 11) is 0. The van der Waals surface area contributed by atoms with Crippen molar-refractivity contribution in [3.05, 3.63) is 42.2 Å². The zero-order valence-electron chi connectivity index (χ0n) is 10.3. The van der Waals surface area contributed by atoms with Crippen LogP contribution in [0.3, 0.4) is 0 Å². The van der Waals surface area contributed by atoms with Gasteiger partial charge < -0.3 is 5.11 Å². The number of benzene rings is 1. The van der Waals surface area contributed by atoms with Gasteiger partial charge in [-0.25, -0.2) is 0 Å². The van der Waals surface area contributed by atoms with Gasteiger partial charge in [-0.15, -0.1) is 0 Å². The second-order valence-corrected chi connectivity index (χ2v) is 4.43. The summed E-state index contributed by atoms with van der Waals surface area (Å²) in [6.45, 7) is 0. The molecule has 1 aromatic heterocycles. The predicted molar refractivity (Wildman–Crippen MR) is 71.6 cm³/mol. The number of rotatable bonds is 6. The molecule has 0 fully saturated rings. The van der Waals surface area contributed by atoms with Crippen LogP contribution in [0.1, 0.15) is 31.4 Å². The highest BCUT2D eigenvalue weighted by atomic mass is 16.4. The third kappa shape index (κ3) is 3.29. The lowest BCUT2D eigenvalue weighted by molar-refractivity contribution is -0.137. The fourth-order valence-corrected chi connectivity index (χ4v) is 2.13. The van der Waals surface area contributed by atoms with Gasteiger partial charge in [0.05, 0.1) is 0 Å². The van der Waals surface area contributed by atoms with Gasteiger partial charge >= 0.3 is 5.97 Å². The number of unbranched alkanes of at least 4 members (excludes halogenated alkanes) is 2. The Kier molecular flexibility index (Phi) is 4.29. The maximum atomic E-state index is 10.4. The first-order valence-electron chi connectivity index (χ1n) is 6.32. The monoisotopic (exact) mass is 243 g/mol. The smallest absolute Gasteiger partial charge is 0.303 e. The third-order valence-corrected chi connectivity index (χ3v) is 3.06. The first-order valence-corrected chi connectivity index (χ1v) is 6.32. The van der Waals surface area contributed by atoms with Crippen LogP contribution >= 0.6 is 0 Å². The lowest BCUT2D eigenvalue weighted by atomic mass is 10.0. The van der Waals surface area contributed by atoms with Crippen molar-refractivity contribution in [2.75, 3.05) is 0 Å². The average molecular weight is 243 g/mol. The number of carboxylic acids is 1. The molecule has 0 saturated carbocycles. The first kappa shape index (κ1) is 12.6. The van der Waals surface area contributed by atoms with Gasteiger partial charge in [0.2, 0.25) is 0 Å². The van der Waals surface area contributed by atoms with E-state index in [0.717, 1.165) is 31.4 Å². The molecule has 18 heavy (non-hydrogen) atoms. The van der Waals surface area contributed by atoms with Crippen molar-refractivity contribution in [1.29, 1.82) is 0 Å². The molecule has 2 aromatic rings. The molecule has 1 heterocycles. The van der Waals surface area contributed by atoms with Crippen molar-refractivity contribution >= 4 is 16.7 Å². The van der Waals surface area contributed by atoms with Crippen LogP contribution in [-0.4, -0.2) is 16.1 Å². The minimum absolute atomic E-state index is 0.267. The number of carboxylic acid groups (broad SMARTS) is 1. The number of aliphatic carboxylic acids is 1. The van der Waals surface area contributed by atoms with Crippen LogP contribution in [0.4, 0.5) is 0 Å². The van der Waals surface area contributed by atoms with Crippen LogP contribution in [0.2, 0.25) is 0 Å². The Labute approximate surface area is 106 Å². The van der Waals surface area contributed by atoms with Crippen LogP contribution in [-0.2, 0) is 11.2 Å². The highest BCUT2D eigenvalue weighted by molar-refractivity contribution is 5.84. The molecule has 0 aliphatic rings. The van der Waals surface area contributed by atoms with E-state index in [1.54, 1.807) is 0 Å². The van der Waals surface area contributed by atoms with E-state index in [4.69, 9.17) is 5.11 Å². The van der Waals surface area contributed by atoms with Gasteiger partial charge in [-0.2, -0.15) is 0 Å². The first-order chi connectivity index (χ1) is 8.77. The predicted octanol–water partition coefficient (Wildman–Crippen LogP) is 3.42. The summed E-state index contributed by atoms with van der Waals surface area (Å²) in [5.41, 5.74) is 1.11. The normalized spacial score (nSPS) is 10.7. The quantitative estimate of drug-likeness (QED) is 0.791. The van der Waals surface area contributed by atoms with Crippen LogP contribution in [0.5, 0.6) is 0 Å². The number of pyridine rings is 1. The van der Waals surface area contributed by atoms with Gasteiger partial charge in [0.1, 0.15) is 0 Å². The summed E-state index contributed by atoms with van der Waals surface area (Å²) in [6, 6.07) is 10.3. The van der Waals surface area contributed by atoms with E-state index in [2.05, 4.69) is 17.1 Å². The van der Waals surface area contributed by atoms with E-state index in [9.17, 15) is 4.79 Å². The molecule has 1 N–H and O–H groups in total. The Morgan fingerprint density at radius 2 is 1.94 bits per heavy atom. The van der Waals surface area contributed by atoms with Crippen LogP contribution in [0, 0.1) is 0 Å². The van der Waals surface area contributed by atoms with Crippen LogP contribution < -0.4 is 0 Å². The molecule has 0 atom stereocenters. The van der Waals surface area contributed by atoms with E-state index < -0.39 is 5.97 Å². The number of carbonyl (C=O) groups is 1. The van der Waals surface area contributed by atoms with Gasteiger partial charge in [-0.3, -0.25) is 9.78 Å². The van der Waals surface area contributed by atoms with Crippen molar-refractivity contribution in [3.8, 4) is 0 Å².